The van der Waals surface area contributed by atoms with E-state index >= 15 is 0 Å². The van der Waals surface area contributed by atoms with Gasteiger partial charge in [0.15, 0.2) is 0 Å². The van der Waals surface area contributed by atoms with Crippen molar-refractivity contribution >= 4 is 11.8 Å². The first-order valence-electron chi connectivity index (χ1n) is 7.22. The van der Waals surface area contributed by atoms with Gasteiger partial charge in [0.25, 0.3) is 5.56 Å². The Morgan fingerprint density at radius 3 is 2.71 bits per heavy atom. The van der Waals surface area contributed by atoms with Crippen LogP contribution in [0.15, 0.2) is 34.0 Å². The summed E-state index contributed by atoms with van der Waals surface area (Å²) in [6.07, 6.45) is 5.07. The maximum atomic E-state index is 12.9. The van der Waals surface area contributed by atoms with Gasteiger partial charge in [-0.15, -0.1) is 11.8 Å². The third-order valence-electron chi connectivity index (χ3n) is 3.68. The third kappa shape index (κ3) is 3.53. The summed E-state index contributed by atoms with van der Waals surface area (Å²) < 4.78 is 12.9. The summed E-state index contributed by atoms with van der Waals surface area (Å²) in [7, 11) is 0. The normalized spacial score (nSPS) is 14.5. The van der Waals surface area contributed by atoms with E-state index in [0.717, 1.165) is 48.3 Å². The molecule has 1 aliphatic rings. The lowest BCUT2D eigenvalue weighted by atomic mass is 10.1. The van der Waals surface area contributed by atoms with Gasteiger partial charge in [0.05, 0.1) is 11.4 Å². The van der Waals surface area contributed by atoms with E-state index in [2.05, 4.69) is 9.97 Å². The van der Waals surface area contributed by atoms with Crippen LogP contribution in [0, 0.1) is 5.82 Å². The number of nitrogens with zero attached hydrogens (tertiary/aromatic N) is 1. The molecule has 0 spiro atoms. The Labute approximate surface area is 127 Å². The average Bonchev–Trinajstić information content (AvgIpc) is 2.72. The van der Waals surface area contributed by atoms with Crippen LogP contribution in [0.4, 0.5) is 4.39 Å². The van der Waals surface area contributed by atoms with E-state index in [1.807, 2.05) is 0 Å². The van der Waals surface area contributed by atoms with Crippen LogP contribution in [-0.2, 0) is 18.6 Å². The van der Waals surface area contributed by atoms with E-state index in [-0.39, 0.29) is 11.4 Å². The van der Waals surface area contributed by atoms with Gasteiger partial charge in [-0.25, -0.2) is 9.37 Å². The highest BCUT2D eigenvalue weighted by molar-refractivity contribution is 7.98. The molecule has 0 amide bonds. The number of rotatable bonds is 3. The highest BCUT2D eigenvalue weighted by Gasteiger charge is 2.14. The monoisotopic (exact) mass is 304 g/mol. The minimum absolute atomic E-state index is 0.0107. The molecule has 0 aliphatic heterocycles. The lowest BCUT2D eigenvalue weighted by Crippen LogP contribution is -2.19. The van der Waals surface area contributed by atoms with Gasteiger partial charge in [0, 0.05) is 10.5 Å². The molecule has 3 rings (SSSR count). The van der Waals surface area contributed by atoms with Gasteiger partial charge in [-0.3, -0.25) is 4.79 Å². The zero-order valence-electron chi connectivity index (χ0n) is 11.7. The first kappa shape index (κ1) is 14.3. The fraction of sp³-hybridized carbons (Fsp3) is 0.375. The van der Waals surface area contributed by atoms with Gasteiger partial charge in [-0.2, -0.15) is 0 Å². The van der Waals surface area contributed by atoms with Crippen LogP contribution in [0.25, 0.3) is 0 Å². The molecule has 5 heteroatoms. The molecule has 0 saturated carbocycles. The number of halogens is 1. The Hall–Kier alpha value is -1.62. The highest BCUT2D eigenvalue weighted by atomic mass is 32.2. The van der Waals surface area contributed by atoms with Crippen LogP contribution >= 0.6 is 11.8 Å². The molecule has 110 valence electrons. The van der Waals surface area contributed by atoms with Crippen molar-refractivity contribution in [2.24, 2.45) is 0 Å². The maximum Gasteiger partial charge on any atom is 0.254 e. The molecule has 1 aliphatic carbocycles. The number of hydrogen-bond donors (Lipinski definition) is 1. The third-order valence-corrected chi connectivity index (χ3v) is 4.70. The SMILES string of the molecule is O=c1[nH]c(CSc2ccc(F)cc2)nc2c1CCCCC2. The minimum Gasteiger partial charge on any atom is -0.310 e. The van der Waals surface area contributed by atoms with E-state index in [1.165, 1.54) is 12.1 Å². The smallest absolute Gasteiger partial charge is 0.254 e. The molecule has 21 heavy (non-hydrogen) atoms. The first-order chi connectivity index (χ1) is 10.2. The molecule has 1 aromatic carbocycles. The summed E-state index contributed by atoms with van der Waals surface area (Å²) in [6, 6.07) is 6.36. The van der Waals surface area contributed by atoms with Crippen molar-refractivity contribution < 1.29 is 4.39 Å². The van der Waals surface area contributed by atoms with Crippen LogP contribution in [0.2, 0.25) is 0 Å². The van der Waals surface area contributed by atoms with Gasteiger partial charge in [-0.05, 0) is 49.9 Å². The Balaban J connectivity index is 1.77. The Morgan fingerprint density at radius 1 is 1.14 bits per heavy atom. The van der Waals surface area contributed by atoms with Crippen LogP contribution in [0.5, 0.6) is 0 Å². The largest absolute Gasteiger partial charge is 0.310 e. The second kappa shape index (κ2) is 6.43. The first-order valence-corrected chi connectivity index (χ1v) is 8.20. The van der Waals surface area contributed by atoms with Crippen molar-refractivity contribution in [3.05, 3.63) is 57.5 Å². The number of H-pyrrole nitrogens is 1. The molecule has 0 saturated heterocycles. The predicted molar refractivity (Wildman–Crippen MR) is 82.1 cm³/mol. The van der Waals surface area contributed by atoms with Gasteiger partial charge in [0.1, 0.15) is 11.6 Å². The van der Waals surface area contributed by atoms with Crippen molar-refractivity contribution in [3.63, 3.8) is 0 Å². The second-order valence-corrected chi connectivity index (χ2v) is 6.29. The number of benzene rings is 1. The van der Waals surface area contributed by atoms with E-state index < -0.39 is 0 Å². The summed E-state index contributed by atoms with van der Waals surface area (Å²) in [4.78, 5) is 20.6. The van der Waals surface area contributed by atoms with Crippen LogP contribution in [-0.4, -0.2) is 9.97 Å². The number of aryl methyl sites for hydroxylation is 1. The number of aromatic nitrogens is 2. The number of nitrogens with one attached hydrogen (secondary N) is 1. The number of aromatic amines is 1. The fourth-order valence-electron chi connectivity index (χ4n) is 2.58. The second-order valence-electron chi connectivity index (χ2n) is 5.24. The Bertz CT molecular complexity index is 682. The van der Waals surface area contributed by atoms with E-state index in [1.54, 1.807) is 23.9 Å². The zero-order valence-corrected chi connectivity index (χ0v) is 12.5. The van der Waals surface area contributed by atoms with Gasteiger partial charge in [-0.1, -0.05) is 6.42 Å². The summed E-state index contributed by atoms with van der Waals surface area (Å²) in [5.41, 5.74) is 1.84. The molecule has 0 bridgehead atoms. The predicted octanol–water partition coefficient (Wildman–Crippen LogP) is 3.47. The number of thioether (sulfide) groups is 1. The average molecular weight is 304 g/mol. The number of hydrogen-bond acceptors (Lipinski definition) is 3. The summed E-state index contributed by atoms with van der Waals surface area (Å²) in [5.74, 6) is 1.06. The topological polar surface area (TPSA) is 45.8 Å². The van der Waals surface area contributed by atoms with Gasteiger partial charge >= 0.3 is 0 Å². The van der Waals surface area contributed by atoms with Gasteiger partial charge < -0.3 is 4.98 Å². The molecule has 1 N–H and O–H groups in total. The van der Waals surface area contributed by atoms with Crippen LogP contribution in [0.3, 0.4) is 0 Å². The quantitative estimate of drug-likeness (QED) is 0.697. The van der Waals surface area contributed by atoms with Crippen molar-refractivity contribution in [1.29, 1.82) is 0 Å². The molecule has 0 unspecified atom stereocenters. The molecular weight excluding hydrogens is 287 g/mol. The molecule has 3 nitrogen and oxygen atoms in total. The Morgan fingerprint density at radius 2 is 1.90 bits per heavy atom. The maximum absolute atomic E-state index is 12.9. The summed E-state index contributed by atoms with van der Waals surface area (Å²) in [6.45, 7) is 0. The van der Waals surface area contributed by atoms with E-state index in [4.69, 9.17) is 0 Å². The highest BCUT2D eigenvalue weighted by Crippen LogP contribution is 2.22. The summed E-state index contributed by atoms with van der Waals surface area (Å²) in [5, 5.41) is 0. The zero-order chi connectivity index (χ0) is 14.7. The van der Waals surface area contributed by atoms with E-state index in [9.17, 15) is 9.18 Å². The van der Waals surface area contributed by atoms with Crippen molar-refractivity contribution in [2.75, 3.05) is 0 Å². The van der Waals surface area contributed by atoms with Crippen LogP contribution in [0.1, 0.15) is 36.3 Å². The molecular formula is C16H17FN2OS. The van der Waals surface area contributed by atoms with Crippen LogP contribution < -0.4 is 5.56 Å². The fourth-order valence-corrected chi connectivity index (χ4v) is 3.35. The summed E-state index contributed by atoms with van der Waals surface area (Å²) >= 11 is 1.55. The lowest BCUT2D eigenvalue weighted by molar-refractivity contribution is 0.626. The van der Waals surface area contributed by atoms with Crippen molar-refractivity contribution in [1.82, 2.24) is 9.97 Å². The standard InChI is InChI=1S/C16H17FN2OS/c17-11-6-8-12(9-7-11)21-10-15-18-14-5-3-1-2-4-13(14)16(20)19-15/h6-9H,1-5,10H2,(H,18,19,20). The molecule has 1 aromatic heterocycles. The van der Waals surface area contributed by atoms with Crippen molar-refractivity contribution in [2.45, 2.75) is 42.8 Å². The van der Waals surface area contributed by atoms with E-state index in [0.29, 0.717) is 11.6 Å². The molecule has 2 aromatic rings. The molecule has 1 heterocycles. The Kier molecular flexibility index (Phi) is 4.39. The number of fused-ring (bicyclic) bond motifs is 1. The molecule has 0 atom stereocenters. The van der Waals surface area contributed by atoms with Gasteiger partial charge in [0.2, 0.25) is 0 Å². The minimum atomic E-state index is -0.240. The lowest BCUT2D eigenvalue weighted by Gasteiger charge is -2.07. The molecule has 0 fully saturated rings. The molecule has 0 radical (unpaired) electrons. The van der Waals surface area contributed by atoms with Crippen molar-refractivity contribution in [3.8, 4) is 0 Å².